The molecule has 1 spiro atoms. The van der Waals surface area contributed by atoms with Crippen LogP contribution < -0.4 is 11.1 Å². The first-order valence-corrected chi connectivity index (χ1v) is 9.79. The third-order valence-corrected chi connectivity index (χ3v) is 6.39. The van der Waals surface area contributed by atoms with Crippen LogP contribution in [0.2, 0.25) is 0 Å². The van der Waals surface area contributed by atoms with Crippen molar-refractivity contribution in [3.05, 3.63) is 18.2 Å². The topological polar surface area (TPSA) is 138 Å². The summed E-state index contributed by atoms with van der Waals surface area (Å²) in [6.45, 7) is 0.438. The maximum absolute atomic E-state index is 13.2. The Balaban J connectivity index is 1.52. The average Bonchev–Trinajstić information content (AvgIpc) is 3.06. The van der Waals surface area contributed by atoms with Gasteiger partial charge in [0.05, 0.1) is 12.2 Å². The zero-order chi connectivity index (χ0) is 19.9. The predicted octanol–water partition coefficient (Wildman–Crippen LogP) is -0.327. The average molecular weight is 387 g/mol. The summed E-state index contributed by atoms with van der Waals surface area (Å²) in [4.78, 5) is 58.1. The minimum absolute atomic E-state index is 0.113. The number of carbonyl (C=O) groups excluding carboxylic acids is 4. The second-order valence-electron chi connectivity index (χ2n) is 8.27. The fraction of sp³-hybridized carbons (Fsp3) is 0.632. The largest absolute Gasteiger partial charge is 0.368 e. The summed E-state index contributed by atoms with van der Waals surface area (Å²) in [5.41, 5.74) is 5.95. The van der Waals surface area contributed by atoms with Crippen molar-refractivity contribution in [2.45, 2.75) is 57.0 Å². The third-order valence-electron chi connectivity index (χ3n) is 6.39. The number of hydrogen-bond donors (Lipinski definition) is 3. The van der Waals surface area contributed by atoms with Crippen LogP contribution in [-0.2, 0) is 25.6 Å². The first kappa shape index (κ1) is 18.6. The van der Waals surface area contributed by atoms with E-state index in [0.717, 1.165) is 12.8 Å². The molecule has 2 saturated carbocycles. The van der Waals surface area contributed by atoms with E-state index < -0.39 is 18.0 Å². The Kier molecular flexibility index (Phi) is 4.68. The molecule has 3 fully saturated rings. The normalized spacial score (nSPS) is 26.4. The molecule has 1 aromatic rings. The number of imidazole rings is 1. The summed E-state index contributed by atoms with van der Waals surface area (Å²) in [5, 5.41) is 2.87. The van der Waals surface area contributed by atoms with Crippen molar-refractivity contribution in [1.29, 1.82) is 0 Å². The Morgan fingerprint density at radius 3 is 2.82 bits per heavy atom. The summed E-state index contributed by atoms with van der Waals surface area (Å²) in [5.74, 6) is -1.37. The minimum atomic E-state index is -0.834. The Morgan fingerprint density at radius 2 is 2.18 bits per heavy atom. The van der Waals surface area contributed by atoms with Crippen molar-refractivity contribution in [2.75, 3.05) is 6.54 Å². The summed E-state index contributed by atoms with van der Waals surface area (Å²) in [7, 11) is 0. The standard InChI is InChI=1S/C19H25N5O4/c20-16(26)15-2-1-5-24(15)18(28)14(6-11-9-21-10-22-11)23-17(27)13-7-12(25)8-19(13)3-4-19/h9-10,13-15H,1-8H2,(H2,20,26)(H,21,22)(H,23,27)/t13?,14-,15-/m0/s1. The molecule has 4 rings (SSSR count). The summed E-state index contributed by atoms with van der Waals surface area (Å²) < 4.78 is 0. The number of aromatic nitrogens is 2. The van der Waals surface area contributed by atoms with Gasteiger partial charge < -0.3 is 20.9 Å². The summed E-state index contributed by atoms with van der Waals surface area (Å²) in [6, 6.07) is -1.48. The van der Waals surface area contributed by atoms with Crippen LogP contribution in [0.5, 0.6) is 0 Å². The molecule has 0 bridgehead atoms. The van der Waals surface area contributed by atoms with Gasteiger partial charge in [-0.15, -0.1) is 0 Å². The molecule has 1 aliphatic heterocycles. The van der Waals surface area contributed by atoms with Crippen molar-refractivity contribution in [2.24, 2.45) is 17.1 Å². The van der Waals surface area contributed by atoms with Gasteiger partial charge in [-0.3, -0.25) is 19.2 Å². The second kappa shape index (κ2) is 7.03. The van der Waals surface area contributed by atoms with E-state index in [1.165, 1.54) is 11.2 Å². The lowest BCUT2D eigenvalue weighted by Gasteiger charge is -2.29. The fourth-order valence-corrected chi connectivity index (χ4v) is 4.70. The molecule has 1 unspecified atom stereocenters. The first-order valence-electron chi connectivity index (χ1n) is 9.79. The number of primary amides is 1. The van der Waals surface area contributed by atoms with Gasteiger partial charge in [-0.25, -0.2) is 4.98 Å². The Hall–Kier alpha value is -2.71. The third kappa shape index (κ3) is 3.41. The lowest BCUT2D eigenvalue weighted by molar-refractivity contribution is -0.141. The molecule has 1 saturated heterocycles. The fourth-order valence-electron chi connectivity index (χ4n) is 4.70. The predicted molar refractivity (Wildman–Crippen MR) is 97.5 cm³/mol. The molecule has 2 aliphatic carbocycles. The van der Waals surface area contributed by atoms with Crippen LogP contribution in [0.4, 0.5) is 0 Å². The van der Waals surface area contributed by atoms with E-state index in [1.807, 2.05) is 0 Å². The van der Waals surface area contributed by atoms with Gasteiger partial charge in [0.2, 0.25) is 17.7 Å². The van der Waals surface area contributed by atoms with E-state index in [1.54, 1.807) is 6.20 Å². The number of hydrogen-bond acceptors (Lipinski definition) is 5. The van der Waals surface area contributed by atoms with E-state index in [2.05, 4.69) is 15.3 Å². The lowest BCUT2D eigenvalue weighted by Crippen LogP contribution is -2.54. The van der Waals surface area contributed by atoms with Gasteiger partial charge in [-0.2, -0.15) is 0 Å². The summed E-state index contributed by atoms with van der Waals surface area (Å²) in [6.07, 6.45) is 7.04. The van der Waals surface area contributed by atoms with Crippen LogP contribution in [0, 0.1) is 11.3 Å². The number of amides is 3. The van der Waals surface area contributed by atoms with E-state index in [9.17, 15) is 19.2 Å². The molecule has 9 nitrogen and oxygen atoms in total. The highest BCUT2D eigenvalue weighted by atomic mass is 16.2. The maximum atomic E-state index is 13.2. The van der Waals surface area contributed by atoms with Gasteiger partial charge in [0, 0.05) is 37.7 Å². The Morgan fingerprint density at radius 1 is 1.39 bits per heavy atom. The SMILES string of the molecule is NC(=O)[C@@H]1CCCN1C(=O)[C@H](Cc1cnc[nH]1)NC(=O)C1CC(=O)CC12CC2. The number of nitrogens with two attached hydrogens (primary N) is 1. The van der Waals surface area contributed by atoms with Gasteiger partial charge in [0.25, 0.3) is 0 Å². The van der Waals surface area contributed by atoms with Gasteiger partial charge >= 0.3 is 0 Å². The molecule has 0 radical (unpaired) electrons. The molecule has 150 valence electrons. The van der Waals surface area contributed by atoms with E-state index in [-0.39, 0.29) is 41.8 Å². The molecule has 28 heavy (non-hydrogen) atoms. The van der Waals surface area contributed by atoms with Crippen molar-refractivity contribution in [3.63, 3.8) is 0 Å². The van der Waals surface area contributed by atoms with Crippen LogP contribution >= 0.6 is 0 Å². The van der Waals surface area contributed by atoms with Crippen molar-refractivity contribution < 1.29 is 19.2 Å². The van der Waals surface area contributed by atoms with Gasteiger partial charge in [0.1, 0.15) is 17.9 Å². The van der Waals surface area contributed by atoms with E-state index in [0.29, 0.717) is 31.5 Å². The highest BCUT2D eigenvalue weighted by Gasteiger charge is 2.58. The number of ketones is 1. The molecule has 2 heterocycles. The number of Topliss-reactive ketones (excluding diaryl/α,β-unsaturated/α-hetero) is 1. The van der Waals surface area contributed by atoms with E-state index >= 15 is 0 Å². The molecule has 3 atom stereocenters. The van der Waals surface area contributed by atoms with Crippen LogP contribution in [-0.4, -0.2) is 57.0 Å². The number of aromatic amines is 1. The van der Waals surface area contributed by atoms with Gasteiger partial charge in [-0.1, -0.05) is 0 Å². The zero-order valence-electron chi connectivity index (χ0n) is 15.6. The minimum Gasteiger partial charge on any atom is -0.368 e. The number of carbonyl (C=O) groups is 4. The number of likely N-dealkylation sites (tertiary alicyclic amines) is 1. The Labute approximate surface area is 162 Å². The molecular formula is C19H25N5O4. The first-order chi connectivity index (χ1) is 13.4. The number of rotatable bonds is 6. The van der Waals surface area contributed by atoms with Crippen molar-refractivity contribution in [1.82, 2.24) is 20.2 Å². The Bertz CT molecular complexity index is 801. The van der Waals surface area contributed by atoms with Crippen LogP contribution in [0.25, 0.3) is 0 Å². The second-order valence-corrected chi connectivity index (χ2v) is 8.27. The molecule has 9 heteroatoms. The van der Waals surface area contributed by atoms with Crippen molar-refractivity contribution in [3.8, 4) is 0 Å². The molecular weight excluding hydrogens is 362 g/mol. The zero-order valence-corrected chi connectivity index (χ0v) is 15.6. The number of H-pyrrole nitrogens is 1. The van der Waals surface area contributed by atoms with Crippen LogP contribution in [0.3, 0.4) is 0 Å². The highest BCUT2D eigenvalue weighted by Crippen LogP contribution is 2.60. The lowest BCUT2D eigenvalue weighted by atomic mass is 9.91. The molecule has 4 N–H and O–H groups in total. The number of nitrogens with one attached hydrogen (secondary N) is 2. The van der Waals surface area contributed by atoms with Gasteiger partial charge in [0.15, 0.2) is 0 Å². The highest BCUT2D eigenvalue weighted by molar-refractivity contribution is 5.96. The van der Waals surface area contributed by atoms with Crippen LogP contribution in [0.15, 0.2) is 12.5 Å². The maximum Gasteiger partial charge on any atom is 0.246 e. The molecule has 3 amide bonds. The van der Waals surface area contributed by atoms with Crippen molar-refractivity contribution >= 4 is 23.5 Å². The monoisotopic (exact) mass is 387 g/mol. The van der Waals surface area contributed by atoms with E-state index in [4.69, 9.17) is 5.73 Å². The molecule has 0 aromatic carbocycles. The smallest absolute Gasteiger partial charge is 0.246 e. The number of nitrogens with zero attached hydrogens (tertiary/aromatic N) is 2. The molecule has 1 aromatic heterocycles. The van der Waals surface area contributed by atoms with Crippen LogP contribution in [0.1, 0.15) is 44.2 Å². The quantitative estimate of drug-likeness (QED) is 0.614. The molecule has 3 aliphatic rings. The summed E-state index contributed by atoms with van der Waals surface area (Å²) >= 11 is 0. The van der Waals surface area contributed by atoms with Gasteiger partial charge in [-0.05, 0) is 31.1 Å².